The Morgan fingerprint density at radius 3 is 2.32 bits per heavy atom. The summed E-state index contributed by atoms with van der Waals surface area (Å²) in [7, 11) is 1.21. The number of thioether (sulfide) groups is 1. The molecule has 7 nitrogen and oxygen atoms in total. The van der Waals surface area contributed by atoms with Crippen molar-refractivity contribution < 1.29 is 23.9 Å². The van der Waals surface area contributed by atoms with Crippen LogP contribution in [0.4, 0.5) is 4.79 Å². The Kier molecular flexibility index (Phi) is 7.28. The molecule has 0 aliphatic rings. The second-order valence-corrected chi connectivity index (χ2v) is 5.73. The van der Waals surface area contributed by atoms with E-state index >= 15 is 0 Å². The first-order valence-corrected chi connectivity index (χ1v) is 6.74. The van der Waals surface area contributed by atoms with Crippen LogP contribution in [-0.2, 0) is 19.1 Å². The monoisotopic (exact) mass is 292 g/mol. The number of hydrogen-bond acceptors (Lipinski definition) is 6. The molecule has 0 aliphatic carbocycles. The first kappa shape index (κ1) is 17.6. The van der Waals surface area contributed by atoms with Gasteiger partial charge in [-0.15, -0.1) is 11.8 Å². The number of carbonyl (C=O) groups is 3. The van der Waals surface area contributed by atoms with Crippen LogP contribution in [0.3, 0.4) is 0 Å². The predicted molar refractivity (Wildman–Crippen MR) is 71.7 cm³/mol. The highest BCUT2D eigenvalue weighted by molar-refractivity contribution is 8.00. The third-order valence-electron chi connectivity index (χ3n) is 1.71. The lowest BCUT2D eigenvalue weighted by Gasteiger charge is -2.22. The first-order valence-electron chi connectivity index (χ1n) is 5.59. The molecule has 0 fully saturated rings. The zero-order chi connectivity index (χ0) is 15.1. The van der Waals surface area contributed by atoms with Gasteiger partial charge in [0.15, 0.2) is 0 Å². The molecule has 1 atom stereocenters. The molecule has 0 saturated heterocycles. The van der Waals surface area contributed by atoms with E-state index in [4.69, 9.17) is 10.5 Å². The van der Waals surface area contributed by atoms with Crippen LogP contribution in [-0.4, -0.2) is 48.2 Å². The minimum absolute atomic E-state index is 0.0590. The van der Waals surface area contributed by atoms with E-state index in [9.17, 15) is 14.4 Å². The summed E-state index contributed by atoms with van der Waals surface area (Å²) in [6.45, 7) is 5.13. The highest BCUT2D eigenvalue weighted by Gasteiger charge is 2.25. The molecule has 8 heteroatoms. The Hall–Kier alpha value is -1.44. The largest absolute Gasteiger partial charge is 0.467 e. The van der Waals surface area contributed by atoms with Crippen molar-refractivity contribution in [2.45, 2.75) is 32.4 Å². The molecular weight excluding hydrogens is 272 g/mol. The Labute approximate surface area is 116 Å². The SMILES string of the molecule is COC(=O)[C@H](CSCC(N)=O)NC(=O)OC(C)(C)C. The molecule has 3 N–H and O–H groups in total. The third-order valence-corrected chi connectivity index (χ3v) is 2.76. The van der Waals surface area contributed by atoms with E-state index in [1.807, 2.05) is 0 Å². The fourth-order valence-electron chi connectivity index (χ4n) is 1.04. The van der Waals surface area contributed by atoms with Gasteiger partial charge in [-0.3, -0.25) is 4.79 Å². The van der Waals surface area contributed by atoms with Gasteiger partial charge < -0.3 is 20.5 Å². The van der Waals surface area contributed by atoms with E-state index < -0.39 is 29.6 Å². The number of esters is 1. The first-order chi connectivity index (χ1) is 8.65. The van der Waals surface area contributed by atoms with Gasteiger partial charge in [0.25, 0.3) is 0 Å². The smallest absolute Gasteiger partial charge is 0.408 e. The van der Waals surface area contributed by atoms with E-state index in [-0.39, 0.29) is 11.5 Å². The molecule has 0 saturated carbocycles. The van der Waals surface area contributed by atoms with E-state index in [0.29, 0.717) is 0 Å². The lowest BCUT2D eigenvalue weighted by molar-refractivity contribution is -0.142. The number of hydrogen-bond donors (Lipinski definition) is 2. The lowest BCUT2D eigenvalue weighted by Crippen LogP contribution is -2.45. The van der Waals surface area contributed by atoms with Crippen molar-refractivity contribution in [1.82, 2.24) is 5.32 Å². The Morgan fingerprint density at radius 2 is 1.89 bits per heavy atom. The maximum atomic E-state index is 11.5. The zero-order valence-corrected chi connectivity index (χ0v) is 12.3. The summed E-state index contributed by atoms with van der Waals surface area (Å²) in [6.07, 6.45) is -0.720. The molecule has 0 radical (unpaired) electrons. The summed E-state index contributed by atoms with van der Waals surface area (Å²) in [6, 6.07) is -0.885. The highest BCUT2D eigenvalue weighted by atomic mass is 32.2. The minimum atomic E-state index is -0.885. The number of methoxy groups -OCH3 is 1. The van der Waals surface area contributed by atoms with E-state index in [2.05, 4.69) is 10.1 Å². The Balaban J connectivity index is 4.39. The van der Waals surface area contributed by atoms with Gasteiger partial charge in [0, 0.05) is 5.75 Å². The summed E-state index contributed by atoms with van der Waals surface area (Å²) in [5.74, 6) is -0.869. The van der Waals surface area contributed by atoms with Crippen molar-refractivity contribution in [3.05, 3.63) is 0 Å². The van der Waals surface area contributed by atoms with Gasteiger partial charge in [-0.05, 0) is 20.8 Å². The van der Waals surface area contributed by atoms with Crippen LogP contribution in [0.25, 0.3) is 0 Å². The van der Waals surface area contributed by atoms with Gasteiger partial charge in [-0.25, -0.2) is 9.59 Å². The van der Waals surface area contributed by atoms with Crippen molar-refractivity contribution >= 4 is 29.7 Å². The summed E-state index contributed by atoms with van der Waals surface area (Å²) >= 11 is 1.13. The topological polar surface area (TPSA) is 108 Å². The van der Waals surface area contributed by atoms with Crippen molar-refractivity contribution in [1.29, 1.82) is 0 Å². The Bertz CT molecular complexity index is 340. The number of nitrogens with two attached hydrogens (primary N) is 1. The summed E-state index contributed by atoms with van der Waals surface area (Å²) in [4.78, 5) is 33.6. The molecule has 19 heavy (non-hydrogen) atoms. The predicted octanol–water partition coefficient (Wildman–Crippen LogP) is 0.271. The molecule has 0 rings (SSSR count). The van der Waals surface area contributed by atoms with Crippen LogP contribution in [0.5, 0.6) is 0 Å². The fourth-order valence-corrected chi connectivity index (χ4v) is 1.81. The average Bonchev–Trinajstić information content (AvgIpc) is 2.23. The number of amides is 2. The van der Waals surface area contributed by atoms with E-state index in [1.165, 1.54) is 7.11 Å². The van der Waals surface area contributed by atoms with Gasteiger partial charge in [0.05, 0.1) is 12.9 Å². The molecule has 0 aromatic rings. The quantitative estimate of drug-likeness (QED) is 0.680. The van der Waals surface area contributed by atoms with Gasteiger partial charge in [0.2, 0.25) is 5.91 Å². The van der Waals surface area contributed by atoms with Gasteiger partial charge >= 0.3 is 12.1 Å². The zero-order valence-electron chi connectivity index (χ0n) is 11.5. The van der Waals surface area contributed by atoms with Crippen molar-refractivity contribution in [2.75, 3.05) is 18.6 Å². The standard InChI is InChI=1S/C11H20N2O5S/c1-11(2,3)18-10(16)13-7(9(15)17-4)5-19-6-8(12)14/h7H,5-6H2,1-4H3,(H2,12,14)(H,13,16)/t7-/m0/s1. The number of primary amides is 1. The number of rotatable bonds is 6. The number of nitrogens with one attached hydrogen (secondary N) is 1. The molecule has 0 bridgehead atoms. The third kappa shape index (κ3) is 9.18. The van der Waals surface area contributed by atoms with Crippen LogP contribution in [0, 0.1) is 0 Å². The second kappa shape index (κ2) is 7.88. The van der Waals surface area contributed by atoms with Crippen LogP contribution >= 0.6 is 11.8 Å². The lowest BCUT2D eigenvalue weighted by atomic mass is 10.2. The van der Waals surface area contributed by atoms with Crippen molar-refractivity contribution in [3.8, 4) is 0 Å². The molecule has 2 amide bonds. The maximum absolute atomic E-state index is 11.5. The van der Waals surface area contributed by atoms with Gasteiger partial charge in [0.1, 0.15) is 11.6 Å². The number of ether oxygens (including phenoxy) is 2. The van der Waals surface area contributed by atoms with E-state index in [1.54, 1.807) is 20.8 Å². The van der Waals surface area contributed by atoms with Crippen molar-refractivity contribution in [2.24, 2.45) is 5.73 Å². The Morgan fingerprint density at radius 1 is 1.32 bits per heavy atom. The fraction of sp³-hybridized carbons (Fsp3) is 0.727. The molecule has 0 spiro atoms. The molecule has 0 unspecified atom stereocenters. The van der Waals surface area contributed by atoms with Crippen LogP contribution in [0.1, 0.15) is 20.8 Å². The van der Waals surface area contributed by atoms with E-state index in [0.717, 1.165) is 11.8 Å². The molecule has 110 valence electrons. The molecule has 0 aliphatic heterocycles. The maximum Gasteiger partial charge on any atom is 0.408 e. The van der Waals surface area contributed by atoms with Gasteiger partial charge in [-0.2, -0.15) is 0 Å². The average molecular weight is 292 g/mol. The highest BCUT2D eigenvalue weighted by Crippen LogP contribution is 2.08. The minimum Gasteiger partial charge on any atom is -0.467 e. The summed E-state index contributed by atoms with van der Waals surface area (Å²) in [5, 5.41) is 2.39. The summed E-state index contributed by atoms with van der Waals surface area (Å²) < 4.78 is 9.59. The molecular formula is C11H20N2O5S. The molecule has 0 heterocycles. The van der Waals surface area contributed by atoms with Crippen LogP contribution in [0.2, 0.25) is 0 Å². The second-order valence-electron chi connectivity index (χ2n) is 4.70. The molecule has 0 aromatic heterocycles. The number of carbonyl (C=O) groups excluding carboxylic acids is 3. The normalized spacial score (nSPS) is 12.4. The van der Waals surface area contributed by atoms with Crippen molar-refractivity contribution in [3.63, 3.8) is 0 Å². The molecule has 0 aromatic carbocycles. The van der Waals surface area contributed by atoms with Gasteiger partial charge in [-0.1, -0.05) is 0 Å². The van der Waals surface area contributed by atoms with Crippen LogP contribution < -0.4 is 11.1 Å². The summed E-state index contributed by atoms with van der Waals surface area (Å²) in [5.41, 5.74) is 4.32. The number of alkyl carbamates (subject to hydrolysis) is 1. The van der Waals surface area contributed by atoms with Crippen LogP contribution in [0.15, 0.2) is 0 Å².